The van der Waals surface area contributed by atoms with Crippen LogP contribution in [0, 0.1) is 13.8 Å². The highest BCUT2D eigenvalue weighted by molar-refractivity contribution is 7.80. The highest BCUT2D eigenvalue weighted by Gasteiger charge is 2.15. The van der Waals surface area contributed by atoms with Gasteiger partial charge in [-0.1, -0.05) is 12.1 Å². The van der Waals surface area contributed by atoms with Crippen molar-refractivity contribution in [1.29, 1.82) is 0 Å². The number of aliphatic imine (C=N–C) groups is 1. The normalized spacial score (nSPS) is 15.9. The van der Waals surface area contributed by atoms with Crippen LogP contribution in [-0.2, 0) is 11.3 Å². The van der Waals surface area contributed by atoms with Crippen LogP contribution in [0.3, 0.4) is 0 Å². The molecule has 1 saturated heterocycles. The average Bonchev–Trinajstić information content (AvgIpc) is 3.47. The predicted molar refractivity (Wildman–Crippen MR) is 131 cm³/mol. The number of hydrogen-bond acceptors (Lipinski definition) is 6. The minimum atomic E-state index is 0.169. The molecule has 1 unspecified atom stereocenters. The number of rotatable bonds is 6. The molecule has 33 heavy (non-hydrogen) atoms. The van der Waals surface area contributed by atoms with E-state index in [1.165, 1.54) is 6.33 Å². The third-order valence-corrected chi connectivity index (χ3v) is 5.19. The molecule has 172 valence electrons. The molecule has 1 aliphatic rings. The van der Waals surface area contributed by atoms with E-state index >= 15 is 0 Å². The first-order valence-electron chi connectivity index (χ1n) is 10.8. The van der Waals surface area contributed by atoms with Crippen molar-refractivity contribution in [3.8, 4) is 0 Å². The molecule has 0 bridgehead atoms. The minimum absolute atomic E-state index is 0.169. The van der Waals surface area contributed by atoms with E-state index < -0.39 is 0 Å². The van der Waals surface area contributed by atoms with E-state index in [0.717, 1.165) is 42.1 Å². The van der Waals surface area contributed by atoms with Crippen LogP contribution in [0.25, 0.3) is 0 Å². The van der Waals surface area contributed by atoms with Gasteiger partial charge in [0.15, 0.2) is 5.11 Å². The van der Waals surface area contributed by atoms with Crippen molar-refractivity contribution in [2.24, 2.45) is 4.99 Å². The Bertz CT molecular complexity index is 1070. The van der Waals surface area contributed by atoms with Crippen molar-refractivity contribution in [1.82, 2.24) is 30.0 Å². The number of nitrogens with zero attached hydrogens (tertiary/aromatic N) is 6. The van der Waals surface area contributed by atoms with E-state index in [0.29, 0.717) is 30.1 Å². The summed E-state index contributed by atoms with van der Waals surface area (Å²) in [6.45, 7) is 5.92. The molecule has 0 spiro atoms. The van der Waals surface area contributed by atoms with Crippen molar-refractivity contribution in [2.75, 3.05) is 23.8 Å². The maximum Gasteiger partial charge on any atom is 0.229 e. The van der Waals surface area contributed by atoms with Crippen LogP contribution < -0.4 is 16.0 Å². The van der Waals surface area contributed by atoms with Crippen molar-refractivity contribution in [3.63, 3.8) is 0 Å². The highest BCUT2D eigenvalue weighted by Crippen LogP contribution is 2.13. The molecule has 4 rings (SSSR count). The van der Waals surface area contributed by atoms with Crippen molar-refractivity contribution < 1.29 is 4.74 Å². The Morgan fingerprint density at radius 3 is 2.64 bits per heavy atom. The zero-order valence-corrected chi connectivity index (χ0v) is 19.5. The zero-order chi connectivity index (χ0) is 23.0. The molecule has 11 heteroatoms. The maximum absolute atomic E-state index is 5.64. The van der Waals surface area contributed by atoms with Crippen LogP contribution in [-0.4, -0.2) is 55.1 Å². The van der Waals surface area contributed by atoms with Crippen molar-refractivity contribution in [3.05, 3.63) is 59.9 Å². The summed E-state index contributed by atoms with van der Waals surface area (Å²) in [7, 11) is 0. The second-order valence-corrected chi connectivity index (χ2v) is 8.18. The van der Waals surface area contributed by atoms with E-state index in [1.54, 1.807) is 11.0 Å². The molecule has 0 radical (unpaired) electrons. The molecule has 10 nitrogen and oxygen atoms in total. The van der Waals surface area contributed by atoms with E-state index in [-0.39, 0.29) is 6.10 Å². The van der Waals surface area contributed by atoms with Crippen molar-refractivity contribution >= 4 is 34.9 Å². The SMILES string of the molecule is Cc1cc(C)nc(N/C(=N/C(=S)NCC2CCCO2)Nc2ccc(Cn3cncn3)cc2)n1. The first-order chi connectivity index (χ1) is 16.0. The number of hydrogen-bond donors (Lipinski definition) is 3. The molecular formula is C22H27N9OS. The van der Waals surface area contributed by atoms with Gasteiger partial charge in [-0.3, -0.25) is 5.32 Å². The zero-order valence-electron chi connectivity index (χ0n) is 18.7. The molecule has 0 aliphatic carbocycles. The Morgan fingerprint density at radius 1 is 1.18 bits per heavy atom. The van der Waals surface area contributed by atoms with E-state index in [1.807, 2.05) is 44.2 Å². The molecule has 0 saturated carbocycles. The first kappa shape index (κ1) is 22.7. The Labute approximate surface area is 197 Å². The standard InChI is InChI=1S/C22H27N9OS/c1-15-10-16(2)27-20(26-15)29-21(30-22(33)24-11-19-4-3-9-32-19)28-18-7-5-17(6-8-18)12-31-14-23-13-25-31/h5-8,10,13-14,19H,3-4,9,11-12H2,1-2H3,(H3,24,26,27,28,29,30,33). The molecule has 1 atom stereocenters. The summed E-state index contributed by atoms with van der Waals surface area (Å²) in [6, 6.07) is 9.88. The lowest BCUT2D eigenvalue weighted by Crippen LogP contribution is -2.32. The van der Waals surface area contributed by atoms with E-state index in [2.05, 4.69) is 41.0 Å². The van der Waals surface area contributed by atoms with Crippen LogP contribution in [0.15, 0.2) is 48.0 Å². The third-order valence-electron chi connectivity index (χ3n) is 4.96. The molecule has 3 heterocycles. The molecule has 3 N–H and O–H groups in total. The molecule has 3 aromatic rings. The summed E-state index contributed by atoms with van der Waals surface area (Å²) >= 11 is 5.44. The van der Waals surface area contributed by atoms with E-state index in [4.69, 9.17) is 17.0 Å². The van der Waals surface area contributed by atoms with Gasteiger partial charge in [0.1, 0.15) is 12.7 Å². The fourth-order valence-corrected chi connectivity index (χ4v) is 3.63. The molecule has 0 amide bonds. The number of thiocarbonyl (C=S) groups is 1. The van der Waals surface area contributed by atoms with Crippen molar-refractivity contribution in [2.45, 2.75) is 39.3 Å². The molecule has 1 aliphatic heterocycles. The Kier molecular flexibility index (Phi) is 7.53. The number of benzene rings is 1. The quantitative estimate of drug-likeness (QED) is 0.287. The summed E-state index contributed by atoms with van der Waals surface area (Å²) in [5.41, 5.74) is 3.67. The fraction of sp³-hybridized carbons (Fsp3) is 0.364. The Hall–Kier alpha value is -3.44. The summed E-state index contributed by atoms with van der Waals surface area (Å²) in [4.78, 5) is 17.4. The Balaban J connectivity index is 1.46. The van der Waals surface area contributed by atoms with Gasteiger partial charge in [0.25, 0.3) is 0 Å². The number of nitrogens with one attached hydrogen (secondary N) is 3. The fourth-order valence-electron chi connectivity index (χ4n) is 3.45. The molecule has 2 aromatic heterocycles. The van der Waals surface area contributed by atoms with Crippen LogP contribution in [0.2, 0.25) is 0 Å². The van der Waals surface area contributed by atoms with Gasteiger partial charge in [0.2, 0.25) is 11.9 Å². The van der Waals surface area contributed by atoms with Gasteiger partial charge < -0.3 is 15.4 Å². The molecule has 1 aromatic carbocycles. The summed E-state index contributed by atoms with van der Waals surface area (Å²) in [5, 5.41) is 14.1. The van der Waals surface area contributed by atoms with Gasteiger partial charge in [-0.05, 0) is 62.7 Å². The highest BCUT2D eigenvalue weighted by atomic mass is 32.1. The monoisotopic (exact) mass is 465 g/mol. The smallest absolute Gasteiger partial charge is 0.229 e. The van der Waals surface area contributed by atoms with E-state index in [9.17, 15) is 0 Å². The lowest BCUT2D eigenvalue weighted by Gasteiger charge is -2.14. The third kappa shape index (κ3) is 7.02. The second-order valence-electron chi connectivity index (χ2n) is 7.80. The number of ether oxygens (including phenoxy) is 1. The first-order valence-corrected chi connectivity index (χ1v) is 11.2. The second kappa shape index (κ2) is 10.9. The summed E-state index contributed by atoms with van der Waals surface area (Å²) in [6.07, 6.45) is 5.49. The lowest BCUT2D eigenvalue weighted by molar-refractivity contribution is 0.114. The Morgan fingerprint density at radius 2 is 1.97 bits per heavy atom. The summed E-state index contributed by atoms with van der Waals surface area (Å²) < 4.78 is 7.41. The summed E-state index contributed by atoms with van der Waals surface area (Å²) in [5.74, 6) is 0.873. The van der Waals surface area contributed by atoms with Gasteiger partial charge in [0.05, 0.1) is 12.6 Å². The predicted octanol–water partition coefficient (Wildman–Crippen LogP) is 2.67. The maximum atomic E-state index is 5.64. The number of aryl methyl sites for hydroxylation is 2. The largest absolute Gasteiger partial charge is 0.376 e. The van der Waals surface area contributed by atoms with Gasteiger partial charge in [-0.15, -0.1) is 0 Å². The minimum Gasteiger partial charge on any atom is -0.376 e. The number of anilines is 2. The average molecular weight is 466 g/mol. The van der Waals surface area contributed by atoms with Crippen LogP contribution in [0.1, 0.15) is 29.8 Å². The molecule has 1 fully saturated rings. The van der Waals surface area contributed by atoms with Gasteiger partial charge in [-0.25, -0.2) is 19.6 Å². The van der Waals surface area contributed by atoms with Crippen LogP contribution >= 0.6 is 12.2 Å². The van der Waals surface area contributed by atoms with Gasteiger partial charge >= 0.3 is 0 Å². The van der Waals surface area contributed by atoms with Crippen LogP contribution in [0.5, 0.6) is 0 Å². The lowest BCUT2D eigenvalue weighted by atomic mass is 10.2. The van der Waals surface area contributed by atoms with Gasteiger partial charge in [-0.2, -0.15) is 10.1 Å². The molecular weight excluding hydrogens is 438 g/mol. The number of aromatic nitrogens is 5. The number of guanidine groups is 1. The van der Waals surface area contributed by atoms with Gasteiger partial charge in [0, 0.05) is 30.2 Å². The topological polar surface area (TPSA) is 114 Å². The van der Waals surface area contributed by atoms with Crippen LogP contribution in [0.4, 0.5) is 11.6 Å².